The number of hydrogen-bond donors (Lipinski definition) is 1. The third-order valence-corrected chi connectivity index (χ3v) is 3.25. The molecule has 0 spiro atoms. The lowest BCUT2D eigenvalue weighted by Gasteiger charge is -2.13. The van der Waals surface area contributed by atoms with E-state index in [0.717, 1.165) is 31.1 Å². The quantitative estimate of drug-likeness (QED) is 0.843. The highest BCUT2D eigenvalue weighted by Gasteiger charge is 2.07. The Morgan fingerprint density at radius 1 is 1.33 bits per heavy atom. The molecule has 114 valence electrons. The summed E-state index contributed by atoms with van der Waals surface area (Å²) in [5, 5.41) is 7.71. The molecule has 0 saturated heterocycles. The van der Waals surface area contributed by atoms with Crippen molar-refractivity contribution in [1.82, 2.24) is 15.1 Å². The summed E-state index contributed by atoms with van der Waals surface area (Å²) in [7, 11) is 0. The number of aryl methyl sites for hydroxylation is 2. The fraction of sp³-hybridized carbons (Fsp3) is 0.471. The van der Waals surface area contributed by atoms with Crippen LogP contribution in [0.1, 0.15) is 31.9 Å². The van der Waals surface area contributed by atoms with Crippen LogP contribution in [0, 0.1) is 12.8 Å². The molecule has 0 aliphatic heterocycles. The molecular formula is C17H25N3O. The SMILES string of the molecule is CCn1cc(Oc2ccc(C)cc2CNCC(C)C)cn1. The molecule has 1 heterocycles. The fourth-order valence-corrected chi connectivity index (χ4v) is 2.14. The van der Waals surface area contributed by atoms with E-state index in [4.69, 9.17) is 4.74 Å². The van der Waals surface area contributed by atoms with Gasteiger partial charge in [0, 0.05) is 18.7 Å². The summed E-state index contributed by atoms with van der Waals surface area (Å²) in [5.41, 5.74) is 2.42. The van der Waals surface area contributed by atoms with E-state index in [-0.39, 0.29) is 0 Å². The Morgan fingerprint density at radius 2 is 2.14 bits per heavy atom. The molecule has 4 nitrogen and oxygen atoms in total. The second kappa shape index (κ2) is 7.27. The molecule has 0 unspecified atom stereocenters. The Bertz CT molecular complexity index is 575. The maximum absolute atomic E-state index is 5.98. The highest BCUT2D eigenvalue weighted by Crippen LogP contribution is 2.26. The normalized spacial score (nSPS) is 11.1. The van der Waals surface area contributed by atoms with Crippen LogP contribution in [-0.2, 0) is 13.1 Å². The standard InChI is InChI=1S/C17H25N3O/c1-5-20-12-16(11-19-20)21-17-7-6-14(4)8-15(17)10-18-9-13(2)3/h6-8,11-13,18H,5,9-10H2,1-4H3. The largest absolute Gasteiger partial charge is 0.454 e. The molecule has 0 atom stereocenters. The van der Waals surface area contributed by atoms with Gasteiger partial charge in [-0.15, -0.1) is 0 Å². The highest BCUT2D eigenvalue weighted by molar-refractivity contribution is 5.39. The number of rotatable bonds is 7. The van der Waals surface area contributed by atoms with Gasteiger partial charge in [0.15, 0.2) is 5.75 Å². The first kappa shape index (κ1) is 15.6. The van der Waals surface area contributed by atoms with Crippen molar-refractivity contribution in [3.8, 4) is 11.5 Å². The summed E-state index contributed by atoms with van der Waals surface area (Å²) >= 11 is 0. The monoisotopic (exact) mass is 287 g/mol. The molecule has 1 aromatic heterocycles. The van der Waals surface area contributed by atoms with Gasteiger partial charge in [-0.2, -0.15) is 5.10 Å². The van der Waals surface area contributed by atoms with E-state index in [1.165, 1.54) is 11.1 Å². The minimum absolute atomic E-state index is 0.641. The average molecular weight is 287 g/mol. The molecule has 0 saturated carbocycles. The average Bonchev–Trinajstić information content (AvgIpc) is 2.89. The molecule has 0 amide bonds. The van der Waals surface area contributed by atoms with Crippen molar-refractivity contribution in [2.45, 2.75) is 40.8 Å². The van der Waals surface area contributed by atoms with Gasteiger partial charge >= 0.3 is 0 Å². The van der Waals surface area contributed by atoms with Crippen LogP contribution in [-0.4, -0.2) is 16.3 Å². The van der Waals surface area contributed by atoms with Gasteiger partial charge in [-0.25, -0.2) is 0 Å². The molecule has 0 radical (unpaired) electrons. The predicted octanol–water partition coefficient (Wildman–Crippen LogP) is 3.75. The Morgan fingerprint density at radius 3 is 2.81 bits per heavy atom. The van der Waals surface area contributed by atoms with Gasteiger partial charge in [0.1, 0.15) is 5.75 Å². The topological polar surface area (TPSA) is 39.1 Å². The lowest BCUT2D eigenvalue weighted by molar-refractivity contribution is 0.467. The predicted molar refractivity (Wildman–Crippen MR) is 85.7 cm³/mol. The summed E-state index contributed by atoms with van der Waals surface area (Å²) in [4.78, 5) is 0. The van der Waals surface area contributed by atoms with Crippen molar-refractivity contribution >= 4 is 0 Å². The molecule has 0 aliphatic rings. The number of nitrogens with zero attached hydrogens (tertiary/aromatic N) is 2. The number of hydrogen-bond acceptors (Lipinski definition) is 3. The van der Waals surface area contributed by atoms with Crippen molar-refractivity contribution in [2.24, 2.45) is 5.92 Å². The molecule has 0 bridgehead atoms. The van der Waals surface area contributed by atoms with Gasteiger partial charge < -0.3 is 10.1 Å². The van der Waals surface area contributed by atoms with Crippen LogP contribution >= 0.6 is 0 Å². The van der Waals surface area contributed by atoms with Crippen LogP contribution in [0.15, 0.2) is 30.6 Å². The van der Waals surface area contributed by atoms with Crippen LogP contribution < -0.4 is 10.1 Å². The first-order valence-electron chi connectivity index (χ1n) is 7.59. The van der Waals surface area contributed by atoms with Gasteiger partial charge in [-0.1, -0.05) is 31.5 Å². The Kier molecular flexibility index (Phi) is 5.39. The number of ether oxygens (including phenoxy) is 1. The number of aromatic nitrogens is 2. The Labute approximate surface area is 127 Å². The van der Waals surface area contributed by atoms with Gasteiger partial charge in [-0.05, 0) is 32.4 Å². The van der Waals surface area contributed by atoms with Crippen LogP contribution in [0.4, 0.5) is 0 Å². The number of nitrogens with one attached hydrogen (secondary N) is 1. The third kappa shape index (κ3) is 4.60. The van der Waals surface area contributed by atoms with Crippen LogP contribution in [0.5, 0.6) is 11.5 Å². The molecule has 21 heavy (non-hydrogen) atoms. The first-order chi connectivity index (χ1) is 10.1. The molecule has 2 aromatic rings. The van der Waals surface area contributed by atoms with E-state index in [2.05, 4.69) is 50.2 Å². The summed E-state index contributed by atoms with van der Waals surface area (Å²) in [6.45, 7) is 11.2. The van der Waals surface area contributed by atoms with Gasteiger partial charge in [-0.3, -0.25) is 4.68 Å². The fourth-order valence-electron chi connectivity index (χ4n) is 2.14. The maximum Gasteiger partial charge on any atom is 0.165 e. The first-order valence-corrected chi connectivity index (χ1v) is 7.59. The lowest BCUT2D eigenvalue weighted by Crippen LogP contribution is -2.19. The van der Waals surface area contributed by atoms with Crippen molar-refractivity contribution in [3.05, 3.63) is 41.7 Å². The summed E-state index contributed by atoms with van der Waals surface area (Å²) in [6.07, 6.45) is 3.68. The minimum atomic E-state index is 0.641. The van der Waals surface area contributed by atoms with Gasteiger partial charge in [0.25, 0.3) is 0 Å². The second-order valence-electron chi connectivity index (χ2n) is 5.77. The van der Waals surface area contributed by atoms with Crippen molar-refractivity contribution in [1.29, 1.82) is 0 Å². The summed E-state index contributed by atoms with van der Waals surface area (Å²) < 4.78 is 7.84. The van der Waals surface area contributed by atoms with Crippen LogP contribution in [0.3, 0.4) is 0 Å². The van der Waals surface area contributed by atoms with E-state index in [9.17, 15) is 0 Å². The van der Waals surface area contributed by atoms with E-state index < -0.39 is 0 Å². The Balaban J connectivity index is 2.10. The number of benzene rings is 1. The summed E-state index contributed by atoms with van der Waals surface area (Å²) in [6, 6.07) is 6.28. The van der Waals surface area contributed by atoms with Gasteiger partial charge in [0.05, 0.1) is 12.4 Å². The van der Waals surface area contributed by atoms with E-state index >= 15 is 0 Å². The third-order valence-electron chi connectivity index (χ3n) is 3.25. The van der Waals surface area contributed by atoms with Crippen LogP contribution in [0.2, 0.25) is 0 Å². The molecule has 0 aliphatic carbocycles. The Hall–Kier alpha value is -1.81. The van der Waals surface area contributed by atoms with E-state index in [0.29, 0.717) is 5.92 Å². The van der Waals surface area contributed by atoms with Gasteiger partial charge in [0.2, 0.25) is 0 Å². The molecule has 2 rings (SSSR count). The van der Waals surface area contributed by atoms with E-state index in [1.54, 1.807) is 6.20 Å². The van der Waals surface area contributed by atoms with E-state index in [1.807, 2.05) is 16.9 Å². The maximum atomic E-state index is 5.98. The highest BCUT2D eigenvalue weighted by atomic mass is 16.5. The zero-order valence-corrected chi connectivity index (χ0v) is 13.4. The lowest BCUT2D eigenvalue weighted by atomic mass is 10.1. The zero-order chi connectivity index (χ0) is 15.2. The molecular weight excluding hydrogens is 262 g/mol. The molecule has 4 heteroatoms. The van der Waals surface area contributed by atoms with Crippen molar-refractivity contribution < 1.29 is 4.74 Å². The van der Waals surface area contributed by atoms with Crippen molar-refractivity contribution in [2.75, 3.05) is 6.54 Å². The molecule has 1 N–H and O–H groups in total. The smallest absolute Gasteiger partial charge is 0.165 e. The zero-order valence-electron chi connectivity index (χ0n) is 13.4. The summed E-state index contributed by atoms with van der Waals surface area (Å²) in [5.74, 6) is 2.32. The second-order valence-corrected chi connectivity index (χ2v) is 5.77. The molecule has 0 fully saturated rings. The van der Waals surface area contributed by atoms with Crippen molar-refractivity contribution in [3.63, 3.8) is 0 Å². The van der Waals surface area contributed by atoms with Crippen LogP contribution in [0.25, 0.3) is 0 Å². The minimum Gasteiger partial charge on any atom is -0.454 e. The molecule has 1 aromatic carbocycles.